The topological polar surface area (TPSA) is 43.1 Å². The van der Waals surface area contributed by atoms with Crippen LogP contribution in [0.2, 0.25) is 0 Å². The summed E-state index contributed by atoms with van der Waals surface area (Å²) in [5.74, 6) is 0.140. The Labute approximate surface area is 169 Å². The van der Waals surface area contributed by atoms with Crippen LogP contribution in [0.25, 0.3) is 10.8 Å². The van der Waals surface area contributed by atoms with Crippen molar-refractivity contribution in [1.29, 1.82) is 0 Å². The molecule has 2 nitrogen and oxygen atoms in total. The Morgan fingerprint density at radius 3 is 2.25 bits per heavy atom. The predicted octanol–water partition coefficient (Wildman–Crippen LogP) is 6.53. The van der Waals surface area contributed by atoms with Crippen molar-refractivity contribution in [2.75, 3.05) is 5.73 Å². The molecule has 0 heterocycles. The molecule has 0 saturated heterocycles. The second-order valence-electron chi connectivity index (χ2n) is 6.74. The van der Waals surface area contributed by atoms with Gasteiger partial charge >= 0.3 is 0 Å². The van der Waals surface area contributed by atoms with Crippen LogP contribution in [0.4, 0.5) is 5.69 Å². The van der Waals surface area contributed by atoms with Crippen LogP contribution in [0.15, 0.2) is 102 Å². The summed E-state index contributed by atoms with van der Waals surface area (Å²) in [7, 11) is 0. The number of rotatable bonds is 6. The highest BCUT2D eigenvalue weighted by Crippen LogP contribution is 2.40. The lowest BCUT2D eigenvalue weighted by Gasteiger charge is -2.18. The molecule has 0 radical (unpaired) electrons. The zero-order valence-corrected chi connectivity index (χ0v) is 16.2. The summed E-state index contributed by atoms with van der Waals surface area (Å²) >= 11 is 1.65. The van der Waals surface area contributed by atoms with Crippen molar-refractivity contribution in [3.8, 4) is 0 Å². The van der Waals surface area contributed by atoms with Crippen LogP contribution in [-0.2, 0) is 0 Å². The van der Waals surface area contributed by atoms with Gasteiger partial charge in [0.05, 0.1) is 0 Å². The van der Waals surface area contributed by atoms with Gasteiger partial charge in [0.25, 0.3) is 0 Å². The van der Waals surface area contributed by atoms with E-state index in [0.717, 1.165) is 32.5 Å². The van der Waals surface area contributed by atoms with E-state index in [-0.39, 0.29) is 11.0 Å². The highest BCUT2D eigenvalue weighted by atomic mass is 32.2. The Balaban J connectivity index is 1.62. The first-order chi connectivity index (χ1) is 13.7. The van der Waals surface area contributed by atoms with Crippen molar-refractivity contribution in [3.63, 3.8) is 0 Å². The third kappa shape index (κ3) is 4.10. The number of fused-ring (bicyclic) bond motifs is 1. The van der Waals surface area contributed by atoms with Gasteiger partial charge < -0.3 is 5.73 Å². The van der Waals surface area contributed by atoms with Gasteiger partial charge in [-0.1, -0.05) is 78.9 Å². The second-order valence-corrected chi connectivity index (χ2v) is 7.99. The van der Waals surface area contributed by atoms with Gasteiger partial charge in [-0.2, -0.15) is 0 Å². The van der Waals surface area contributed by atoms with Gasteiger partial charge in [0, 0.05) is 27.8 Å². The molecule has 0 unspecified atom stereocenters. The third-order valence-electron chi connectivity index (χ3n) is 4.80. The summed E-state index contributed by atoms with van der Waals surface area (Å²) in [5.41, 5.74) is 8.77. The van der Waals surface area contributed by atoms with Gasteiger partial charge in [-0.05, 0) is 34.5 Å². The Morgan fingerprint density at radius 2 is 1.46 bits per heavy atom. The number of carbonyl (C=O) groups is 1. The smallest absolute Gasteiger partial charge is 0.164 e. The monoisotopic (exact) mass is 383 g/mol. The van der Waals surface area contributed by atoms with Crippen molar-refractivity contribution in [3.05, 3.63) is 108 Å². The lowest BCUT2D eigenvalue weighted by atomic mass is 10.00. The Bertz CT molecular complexity index is 1110. The van der Waals surface area contributed by atoms with Gasteiger partial charge in [0.1, 0.15) is 0 Å². The van der Waals surface area contributed by atoms with Gasteiger partial charge in [0.15, 0.2) is 5.78 Å². The molecule has 0 aromatic heterocycles. The first-order valence-electron chi connectivity index (χ1n) is 9.29. The van der Waals surface area contributed by atoms with Crippen molar-refractivity contribution in [2.24, 2.45) is 0 Å². The fraction of sp³-hybridized carbons (Fsp3) is 0.0800. The number of nitrogens with two attached hydrogens (primary N) is 1. The average molecular weight is 384 g/mol. The molecule has 0 saturated carbocycles. The minimum atomic E-state index is 0.00451. The molecular weight excluding hydrogens is 362 g/mol. The number of benzene rings is 4. The minimum absolute atomic E-state index is 0.00451. The standard InChI is InChI=1S/C25H21NOS/c26-22-12-6-7-13-24(22)28-25(19-9-2-1-3-10-19)17-23(27)21-15-14-18-8-4-5-11-20(18)16-21/h1-16,25H,17,26H2/t25-/m1/s1. The fourth-order valence-corrected chi connectivity index (χ4v) is 4.48. The van der Waals surface area contributed by atoms with E-state index in [1.807, 2.05) is 78.9 Å². The number of carbonyl (C=O) groups excluding carboxylic acids is 1. The molecule has 1 atom stereocenters. The van der Waals surface area contributed by atoms with Crippen molar-refractivity contribution >= 4 is 34.0 Å². The number of thioether (sulfide) groups is 1. The molecule has 0 aliphatic heterocycles. The molecule has 0 spiro atoms. The minimum Gasteiger partial charge on any atom is -0.398 e. The number of para-hydroxylation sites is 1. The number of Topliss-reactive ketones (excluding diaryl/α,β-unsaturated/α-hetero) is 1. The van der Waals surface area contributed by atoms with Crippen molar-refractivity contribution in [1.82, 2.24) is 0 Å². The largest absolute Gasteiger partial charge is 0.398 e. The first kappa shape index (κ1) is 18.3. The first-order valence-corrected chi connectivity index (χ1v) is 10.2. The highest BCUT2D eigenvalue weighted by molar-refractivity contribution is 7.99. The summed E-state index contributed by atoms with van der Waals surface area (Å²) < 4.78 is 0. The summed E-state index contributed by atoms with van der Waals surface area (Å²) in [6, 6.07) is 32.0. The van der Waals surface area contributed by atoms with Gasteiger partial charge in [-0.3, -0.25) is 4.79 Å². The molecule has 4 aromatic carbocycles. The van der Waals surface area contributed by atoms with E-state index in [9.17, 15) is 4.79 Å². The molecule has 0 fully saturated rings. The Morgan fingerprint density at radius 1 is 0.786 bits per heavy atom. The van der Waals surface area contributed by atoms with Crippen LogP contribution >= 0.6 is 11.8 Å². The van der Waals surface area contributed by atoms with E-state index in [4.69, 9.17) is 5.73 Å². The number of hydrogen-bond donors (Lipinski definition) is 1. The van der Waals surface area contributed by atoms with E-state index < -0.39 is 0 Å². The van der Waals surface area contributed by atoms with Crippen LogP contribution in [0.5, 0.6) is 0 Å². The van der Waals surface area contributed by atoms with Crippen LogP contribution in [0.3, 0.4) is 0 Å². The van der Waals surface area contributed by atoms with Gasteiger partial charge in [0.2, 0.25) is 0 Å². The van der Waals surface area contributed by atoms with Gasteiger partial charge in [-0.25, -0.2) is 0 Å². The van der Waals surface area contributed by atoms with Crippen LogP contribution in [0.1, 0.15) is 27.6 Å². The Kier molecular flexibility index (Phi) is 5.45. The van der Waals surface area contributed by atoms with Crippen LogP contribution < -0.4 is 5.73 Å². The lowest BCUT2D eigenvalue weighted by molar-refractivity contribution is 0.0982. The highest BCUT2D eigenvalue weighted by Gasteiger charge is 2.19. The zero-order chi connectivity index (χ0) is 19.3. The molecule has 0 amide bonds. The number of nitrogen functional groups attached to an aromatic ring is 1. The molecule has 4 aromatic rings. The normalized spacial score (nSPS) is 12.0. The van der Waals surface area contributed by atoms with E-state index >= 15 is 0 Å². The van der Waals surface area contributed by atoms with Crippen LogP contribution in [0, 0.1) is 0 Å². The SMILES string of the molecule is Nc1ccccc1S[C@H](CC(=O)c1ccc2ccccc2c1)c1ccccc1. The van der Waals surface area contributed by atoms with E-state index in [1.165, 1.54) is 0 Å². The number of hydrogen-bond acceptors (Lipinski definition) is 3. The molecule has 0 aliphatic carbocycles. The molecule has 0 bridgehead atoms. The summed E-state index contributed by atoms with van der Waals surface area (Å²) in [5, 5.41) is 2.24. The molecule has 0 aliphatic rings. The molecular formula is C25H21NOS. The lowest BCUT2D eigenvalue weighted by Crippen LogP contribution is -2.06. The molecule has 2 N–H and O–H groups in total. The van der Waals surface area contributed by atoms with Crippen molar-refractivity contribution in [2.45, 2.75) is 16.6 Å². The number of ketones is 1. The van der Waals surface area contributed by atoms with E-state index in [2.05, 4.69) is 18.2 Å². The zero-order valence-electron chi connectivity index (χ0n) is 15.4. The number of anilines is 1. The Hall–Kier alpha value is -3.04. The third-order valence-corrected chi connectivity index (χ3v) is 6.15. The summed E-state index contributed by atoms with van der Waals surface area (Å²) in [6.45, 7) is 0. The molecule has 138 valence electrons. The van der Waals surface area contributed by atoms with E-state index in [0.29, 0.717) is 6.42 Å². The molecule has 28 heavy (non-hydrogen) atoms. The summed E-state index contributed by atoms with van der Waals surface area (Å²) in [4.78, 5) is 14.1. The molecule has 3 heteroatoms. The van der Waals surface area contributed by atoms with Crippen LogP contribution in [-0.4, -0.2) is 5.78 Å². The maximum atomic E-state index is 13.1. The van der Waals surface area contributed by atoms with Crippen molar-refractivity contribution < 1.29 is 4.79 Å². The second kappa shape index (κ2) is 8.32. The maximum absolute atomic E-state index is 13.1. The van der Waals surface area contributed by atoms with Gasteiger partial charge in [-0.15, -0.1) is 11.8 Å². The fourth-order valence-electron chi connectivity index (χ4n) is 3.29. The summed E-state index contributed by atoms with van der Waals surface area (Å²) in [6.07, 6.45) is 0.418. The quantitative estimate of drug-likeness (QED) is 0.234. The average Bonchev–Trinajstić information content (AvgIpc) is 2.75. The maximum Gasteiger partial charge on any atom is 0.164 e. The predicted molar refractivity (Wildman–Crippen MR) is 119 cm³/mol. The van der Waals surface area contributed by atoms with E-state index in [1.54, 1.807) is 11.8 Å². The molecule has 4 rings (SSSR count).